The van der Waals surface area contributed by atoms with Crippen molar-refractivity contribution in [2.24, 2.45) is 0 Å². The zero-order chi connectivity index (χ0) is 12.6. The van der Waals surface area contributed by atoms with Crippen LogP contribution in [0, 0.1) is 0 Å². The minimum absolute atomic E-state index is 0.0703. The topological polar surface area (TPSA) is 52.9 Å². The van der Waals surface area contributed by atoms with Crippen LogP contribution < -0.4 is 4.74 Å². The number of benzene rings is 1. The molecule has 0 radical (unpaired) electrons. The van der Waals surface area contributed by atoms with E-state index in [1.54, 1.807) is 6.07 Å². The summed E-state index contributed by atoms with van der Waals surface area (Å²) >= 11 is 0. The predicted molar refractivity (Wildman–Crippen MR) is 65.2 cm³/mol. The van der Waals surface area contributed by atoms with Gasteiger partial charge in [-0.05, 0) is 25.5 Å². The number of β-amino-alcohol motifs (C(OH)–C–C–N with tert-alkyl or cyclic N) is 1. The molecular formula is C13H19NO3. The Morgan fingerprint density at radius 1 is 1.41 bits per heavy atom. The maximum Gasteiger partial charge on any atom is 0.163 e. The quantitative estimate of drug-likeness (QED) is 0.821. The molecule has 1 aliphatic rings. The first-order chi connectivity index (χ1) is 8.04. The van der Waals surface area contributed by atoms with Gasteiger partial charge in [0.25, 0.3) is 0 Å². The molecule has 0 aliphatic carbocycles. The van der Waals surface area contributed by atoms with Gasteiger partial charge in [-0.1, -0.05) is 6.07 Å². The minimum Gasteiger partial charge on any atom is -0.504 e. The molecule has 0 aromatic heterocycles. The van der Waals surface area contributed by atoms with E-state index in [-0.39, 0.29) is 5.75 Å². The fraction of sp³-hybridized carbons (Fsp3) is 0.538. The van der Waals surface area contributed by atoms with E-state index in [4.69, 9.17) is 4.74 Å². The van der Waals surface area contributed by atoms with E-state index in [9.17, 15) is 10.2 Å². The van der Waals surface area contributed by atoms with Crippen molar-refractivity contribution in [1.29, 1.82) is 0 Å². The molecule has 1 atom stereocenters. The van der Waals surface area contributed by atoms with Crippen LogP contribution in [0.1, 0.15) is 31.1 Å². The molecule has 17 heavy (non-hydrogen) atoms. The van der Waals surface area contributed by atoms with Gasteiger partial charge in [-0.15, -0.1) is 0 Å². The molecule has 1 unspecified atom stereocenters. The van der Waals surface area contributed by atoms with E-state index < -0.39 is 6.10 Å². The molecule has 2 N–H and O–H groups in total. The molecule has 0 saturated heterocycles. The molecular weight excluding hydrogens is 218 g/mol. The number of phenols is 1. The molecule has 0 amide bonds. The second kappa shape index (κ2) is 4.55. The van der Waals surface area contributed by atoms with Crippen molar-refractivity contribution in [2.45, 2.75) is 32.5 Å². The highest BCUT2D eigenvalue weighted by Gasteiger charge is 2.29. The zero-order valence-corrected chi connectivity index (χ0v) is 10.5. The SMILES string of the molecule is COc1ccc2c(c1O)C(O)CN(C(C)C)C2. The number of nitrogens with zero attached hydrogens (tertiary/aromatic N) is 1. The van der Waals surface area contributed by atoms with Crippen LogP contribution in [0.4, 0.5) is 0 Å². The first-order valence-electron chi connectivity index (χ1n) is 5.85. The highest BCUT2D eigenvalue weighted by molar-refractivity contribution is 5.51. The molecule has 0 bridgehead atoms. The fourth-order valence-electron chi connectivity index (χ4n) is 2.29. The number of rotatable bonds is 2. The Morgan fingerprint density at radius 2 is 2.12 bits per heavy atom. The van der Waals surface area contributed by atoms with Gasteiger partial charge in [0, 0.05) is 24.7 Å². The van der Waals surface area contributed by atoms with Gasteiger partial charge in [0.05, 0.1) is 13.2 Å². The van der Waals surface area contributed by atoms with Gasteiger partial charge >= 0.3 is 0 Å². The summed E-state index contributed by atoms with van der Waals surface area (Å²) in [7, 11) is 1.51. The van der Waals surface area contributed by atoms with E-state index in [2.05, 4.69) is 18.7 Å². The van der Waals surface area contributed by atoms with Crippen molar-refractivity contribution in [3.63, 3.8) is 0 Å². The molecule has 1 aromatic rings. The van der Waals surface area contributed by atoms with Gasteiger partial charge in [-0.25, -0.2) is 0 Å². The van der Waals surface area contributed by atoms with Crippen molar-refractivity contribution in [3.8, 4) is 11.5 Å². The summed E-state index contributed by atoms with van der Waals surface area (Å²) in [6.45, 7) is 5.50. The fourth-order valence-corrected chi connectivity index (χ4v) is 2.29. The Balaban J connectivity index is 2.41. The lowest BCUT2D eigenvalue weighted by Gasteiger charge is -2.35. The van der Waals surface area contributed by atoms with E-state index in [1.807, 2.05) is 6.07 Å². The molecule has 0 spiro atoms. The van der Waals surface area contributed by atoms with Gasteiger partial charge in [0.15, 0.2) is 11.5 Å². The summed E-state index contributed by atoms with van der Waals surface area (Å²) in [5, 5.41) is 20.2. The van der Waals surface area contributed by atoms with E-state index in [1.165, 1.54) is 7.11 Å². The van der Waals surface area contributed by atoms with Crippen LogP contribution in [-0.2, 0) is 6.54 Å². The number of hydrogen-bond acceptors (Lipinski definition) is 4. The van der Waals surface area contributed by atoms with Crippen LogP contribution in [0.5, 0.6) is 11.5 Å². The van der Waals surface area contributed by atoms with Gasteiger partial charge in [0.2, 0.25) is 0 Å². The Labute approximate surface area is 101 Å². The van der Waals surface area contributed by atoms with Crippen molar-refractivity contribution in [3.05, 3.63) is 23.3 Å². The van der Waals surface area contributed by atoms with Gasteiger partial charge < -0.3 is 14.9 Å². The van der Waals surface area contributed by atoms with E-state index in [0.717, 1.165) is 12.1 Å². The summed E-state index contributed by atoms with van der Waals surface area (Å²) in [5.41, 5.74) is 1.58. The van der Waals surface area contributed by atoms with Crippen LogP contribution in [-0.4, -0.2) is 34.8 Å². The summed E-state index contributed by atoms with van der Waals surface area (Å²) in [6.07, 6.45) is -0.656. The average Bonchev–Trinajstić information content (AvgIpc) is 2.28. The molecule has 2 rings (SSSR count). The monoisotopic (exact) mass is 237 g/mol. The van der Waals surface area contributed by atoms with Gasteiger partial charge in [-0.2, -0.15) is 0 Å². The number of aliphatic hydroxyl groups excluding tert-OH is 1. The van der Waals surface area contributed by atoms with Crippen LogP contribution in [0.15, 0.2) is 12.1 Å². The number of methoxy groups -OCH3 is 1. The molecule has 0 fully saturated rings. The second-order valence-corrected chi connectivity index (χ2v) is 4.73. The average molecular weight is 237 g/mol. The summed E-state index contributed by atoms with van der Waals surface area (Å²) in [4.78, 5) is 2.18. The number of hydrogen-bond donors (Lipinski definition) is 2. The van der Waals surface area contributed by atoms with Gasteiger partial charge in [-0.3, -0.25) is 4.90 Å². The van der Waals surface area contributed by atoms with Crippen molar-refractivity contribution < 1.29 is 14.9 Å². The predicted octanol–water partition coefficient (Wildman–Crippen LogP) is 1.66. The Hall–Kier alpha value is -1.26. The van der Waals surface area contributed by atoms with Crippen LogP contribution >= 0.6 is 0 Å². The number of fused-ring (bicyclic) bond motifs is 1. The van der Waals surface area contributed by atoms with Crippen LogP contribution in [0.2, 0.25) is 0 Å². The standard InChI is InChI=1S/C13H19NO3/c1-8(2)14-6-9-4-5-11(17-3)13(16)12(9)10(15)7-14/h4-5,8,10,15-16H,6-7H2,1-3H3. The first kappa shape index (κ1) is 12.2. The van der Waals surface area contributed by atoms with E-state index in [0.29, 0.717) is 23.9 Å². The lowest BCUT2D eigenvalue weighted by atomic mass is 9.95. The van der Waals surface area contributed by atoms with E-state index >= 15 is 0 Å². The smallest absolute Gasteiger partial charge is 0.163 e. The minimum atomic E-state index is -0.656. The highest BCUT2D eigenvalue weighted by atomic mass is 16.5. The molecule has 4 nitrogen and oxygen atoms in total. The van der Waals surface area contributed by atoms with Crippen molar-refractivity contribution in [2.75, 3.05) is 13.7 Å². The summed E-state index contributed by atoms with van der Waals surface area (Å²) in [6, 6.07) is 4.03. The van der Waals surface area contributed by atoms with Crippen molar-refractivity contribution >= 4 is 0 Å². The number of aromatic hydroxyl groups is 1. The number of aliphatic hydroxyl groups is 1. The molecule has 94 valence electrons. The Morgan fingerprint density at radius 3 is 2.71 bits per heavy atom. The summed E-state index contributed by atoms with van der Waals surface area (Å²) < 4.78 is 5.06. The number of ether oxygens (including phenoxy) is 1. The zero-order valence-electron chi connectivity index (χ0n) is 10.5. The molecule has 1 aliphatic heterocycles. The van der Waals surface area contributed by atoms with Crippen LogP contribution in [0.3, 0.4) is 0 Å². The van der Waals surface area contributed by atoms with Crippen LogP contribution in [0.25, 0.3) is 0 Å². The Kier molecular flexibility index (Phi) is 3.26. The van der Waals surface area contributed by atoms with Crippen molar-refractivity contribution in [1.82, 2.24) is 4.90 Å². The Bertz CT molecular complexity index is 417. The molecule has 1 aromatic carbocycles. The maximum absolute atomic E-state index is 10.1. The third kappa shape index (κ3) is 2.10. The third-order valence-corrected chi connectivity index (χ3v) is 3.33. The molecule has 4 heteroatoms. The molecule has 0 saturated carbocycles. The third-order valence-electron chi connectivity index (χ3n) is 3.33. The second-order valence-electron chi connectivity index (χ2n) is 4.73. The summed E-state index contributed by atoms with van der Waals surface area (Å²) in [5.74, 6) is 0.488. The highest BCUT2D eigenvalue weighted by Crippen LogP contribution is 2.39. The van der Waals surface area contributed by atoms with Gasteiger partial charge in [0.1, 0.15) is 0 Å². The molecule has 1 heterocycles. The first-order valence-corrected chi connectivity index (χ1v) is 5.85. The number of phenolic OH excluding ortho intramolecular Hbond substituents is 1. The largest absolute Gasteiger partial charge is 0.504 e. The maximum atomic E-state index is 10.1. The lowest BCUT2D eigenvalue weighted by Crippen LogP contribution is -2.38. The normalized spacial score (nSPS) is 20.4. The lowest BCUT2D eigenvalue weighted by molar-refractivity contribution is 0.0719.